The van der Waals surface area contributed by atoms with Crippen LogP contribution in [0.25, 0.3) is 11.3 Å². The van der Waals surface area contributed by atoms with Gasteiger partial charge in [0.25, 0.3) is 10.0 Å². The van der Waals surface area contributed by atoms with Gasteiger partial charge in [0.05, 0.1) is 22.5 Å². The Morgan fingerprint density at radius 2 is 1.88 bits per heavy atom. The number of carbonyl (C=O) groups excluding carboxylic acids is 1. The van der Waals surface area contributed by atoms with Crippen molar-refractivity contribution >= 4 is 28.0 Å². The third kappa shape index (κ3) is 6.01. The Bertz CT molecular complexity index is 1160. The molecule has 0 fully saturated rings. The van der Waals surface area contributed by atoms with Gasteiger partial charge in [-0.05, 0) is 55.7 Å². The van der Waals surface area contributed by atoms with E-state index >= 15 is 0 Å². The predicted molar refractivity (Wildman–Crippen MR) is 126 cm³/mol. The van der Waals surface area contributed by atoms with Crippen LogP contribution in [0.15, 0.2) is 77.8 Å². The molecule has 7 nitrogen and oxygen atoms in total. The Kier molecular flexibility index (Phi) is 7.72. The van der Waals surface area contributed by atoms with Crippen LogP contribution in [0.1, 0.15) is 25.3 Å². The summed E-state index contributed by atoms with van der Waals surface area (Å²) in [4.78, 5) is 16.9. The van der Waals surface area contributed by atoms with Crippen molar-refractivity contribution in [2.24, 2.45) is 0 Å². The van der Waals surface area contributed by atoms with Crippen molar-refractivity contribution in [3.05, 3.63) is 78.5 Å². The van der Waals surface area contributed by atoms with Gasteiger partial charge in [0.1, 0.15) is 5.84 Å². The van der Waals surface area contributed by atoms with E-state index < -0.39 is 10.0 Å². The van der Waals surface area contributed by atoms with Crippen LogP contribution < -0.4 is 4.72 Å². The van der Waals surface area contributed by atoms with Crippen LogP contribution in [0, 0.1) is 5.41 Å². The molecule has 0 aliphatic carbocycles. The highest BCUT2D eigenvalue weighted by Gasteiger charge is 2.13. The number of amidine groups is 1. The van der Waals surface area contributed by atoms with Crippen LogP contribution in [0.2, 0.25) is 0 Å². The van der Waals surface area contributed by atoms with Crippen molar-refractivity contribution in [1.82, 2.24) is 9.88 Å². The van der Waals surface area contributed by atoms with E-state index in [9.17, 15) is 13.2 Å². The summed E-state index contributed by atoms with van der Waals surface area (Å²) in [6.45, 7) is 2.35. The normalized spacial score (nSPS) is 11.0. The van der Waals surface area contributed by atoms with E-state index in [1.54, 1.807) is 30.3 Å². The van der Waals surface area contributed by atoms with E-state index in [0.29, 0.717) is 30.9 Å². The zero-order valence-corrected chi connectivity index (χ0v) is 18.7. The Labute approximate surface area is 188 Å². The van der Waals surface area contributed by atoms with Crippen LogP contribution in [0.3, 0.4) is 0 Å². The number of sulfonamides is 1. The van der Waals surface area contributed by atoms with Crippen molar-refractivity contribution in [3.63, 3.8) is 0 Å². The minimum absolute atomic E-state index is 0.194. The van der Waals surface area contributed by atoms with Gasteiger partial charge >= 0.3 is 0 Å². The van der Waals surface area contributed by atoms with Crippen LogP contribution in [0.4, 0.5) is 5.69 Å². The first-order valence-corrected chi connectivity index (χ1v) is 11.8. The van der Waals surface area contributed by atoms with Crippen molar-refractivity contribution in [2.45, 2.75) is 31.1 Å². The molecule has 0 saturated carbocycles. The fourth-order valence-electron chi connectivity index (χ4n) is 3.26. The van der Waals surface area contributed by atoms with Crippen LogP contribution in [-0.4, -0.2) is 37.1 Å². The second-order valence-electron chi connectivity index (χ2n) is 7.24. The van der Waals surface area contributed by atoms with E-state index in [1.807, 2.05) is 31.2 Å². The number of carbonyl (C=O) groups is 1. The summed E-state index contributed by atoms with van der Waals surface area (Å²) in [5.41, 5.74) is 3.17. The average molecular weight is 451 g/mol. The lowest BCUT2D eigenvalue weighted by Gasteiger charge is -2.15. The number of aryl methyl sites for hydroxylation is 1. The molecule has 1 amide bonds. The number of nitrogens with zero attached hydrogens (tertiary/aromatic N) is 2. The lowest BCUT2D eigenvalue weighted by atomic mass is 10.0. The molecule has 0 aliphatic heterocycles. The fourth-order valence-corrected chi connectivity index (χ4v) is 4.32. The minimum Gasteiger partial charge on any atom is -0.304 e. The van der Waals surface area contributed by atoms with Gasteiger partial charge in [-0.1, -0.05) is 36.4 Å². The molecule has 2 N–H and O–H groups in total. The molecule has 1 heterocycles. The Morgan fingerprint density at radius 1 is 1.09 bits per heavy atom. The Balaban J connectivity index is 1.64. The van der Waals surface area contributed by atoms with E-state index in [4.69, 9.17) is 5.41 Å². The third-order valence-electron chi connectivity index (χ3n) is 4.99. The summed E-state index contributed by atoms with van der Waals surface area (Å²) < 4.78 is 27.5. The van der Waals surface area contributed by atoms with Crippen molar-refractivity contribution < 1.29 is 13.2 Å². The first-order chi connectivity index (χ1) is 15.4. The first kappa shape index (κ1) is 23.1. The second-order valence-corrected chi connectivity index (χ2v) is 8.93. The maximum Gasteiger partial charge on any atom is 0.261 e. The molecule has 0 saturated heterocycles. The van der Waals surface area contributed by atoms with Gasteiger partial charge in [0.2, 0.25) is 6.41 Å². The topological polar surface area (TPSA) is 103 Å². The van der Waals surface area contributed by atoms with Crippen LogP contribution in [0.5, 0.6) is 0 Å². The molecule has 0 atom stereocenters. The number of anilines is 1. The summed E-state index contributed by atoms with van der Waals surface area (Å²) >= 11 is 0. The number of pyridine rings is 1. The van der Waals surface area contributed by atoms with E-state index in [1.165, 1.54) is 23.2 Å². The number of hydrogen-bond donors (Lipinski definition) is 2. The number of amides is 1. The Morgan fingerprint density at radius 3 is 2.53 bits per heavy atom. The lowest BCUT2D eigenvalue weighted by molar-refractivity contribution is -0.114. The number of benzene rings is 2. The minimum atomic E-state index is -3.66. The highest BCUT2D eigenvalue weighted by atomic mass is 32.2. The smallest absolute Gasteiger partial charge is 0.261 e. The standard InChI is InChI=1S/C24H26N4O3S/c1-2-28(18-29)24(25)13-7-9-19-8-6-10-20(16-19)23-15-14-21(17-26-23)27-32(30,31)22-11-4-3-5-12-22/h3-6,8,10-12,14-18,25,27H,2,7,9,13H2,1H3. The molecule has 166 valence electrons. The van der Waals surface area contributed by atoms with Gasteiger partial charge < -0.3 is 4.90 Å². The third-order valence-corrected chi connectivity index (χ3v) is 6.38. The van der Waals surface area contributed by atoms with E-state index in [0.717, 1.165) is 29.7 Å². The summed E-state index contributed by atoms with van der Waals surface area (Å²) in [6, 6.07) is 19.6. The van der Waals surface area contributed by atoms with Crippen molar-refractivity contribution in [2.75, 3.05) is 11.3 Å². The molecular formula is C24H26N4O3S. The zero-order chi connectivity index (χ0) is 23.0. The zero-order valence-electron chi connectivity index (χ0n) is 17.9. The number of rotatable bonds is 10. The summed E-state index contributed by atoms with van der Waals surface area (Å²) in [7, 11) is -3.66. The molecule has 0 radical (unpaired) electrons. The largest absolute Gasteiger partial charge is 0.304 e. The molecule has 8 heteroatoms. The molecule has 3 rings (SSSR count). The first-order valence-electron chi connectivity index (χ1n) is 10.4. The van der Waals surface area contributed by atoms with Crippen LogP contribution >= 0.6 is 0 Å². The molecule has 2 aromatic carbocycles. The molecule has 3 aromatic rings. The molecule has 0 unspecified atom stereocenters. The summed E-state index contributed by atoms with van der Waals surface area (Å²) in [5.74, 6) is 0.328. The van der Waals surface area contributed by atoms with Gasteiger partial charge in [-0.25, -0.2) is 8.42 Å². The monoisotopic (exact) mass is 450 g/mol. The second kappa shape index (κ2) is 10.7. The highest BCUT2D eigenvalue weighted by molar-refractivity contribution is 7.92. The fraction of sp³-hybridized carbons (Fsp3) is 0.208. The van der Waals surface area contributed by atoms with E-state index in [-0.39, 0.29) is 4.90 Å². The summed E-state index contributed by atoms with van der Waals surface area (Å²) in [6.07, 6.45) is 4.27. The van der Waals surface area contributed by atoms with Gasteiger partial charge in [-0.2, -0.15) is 0 Å². The SMILES string of the molecule is CCN(C=O)C(=N)CCCc1cccc(-c2ccc(NS(=O)(=O)c3ccccc3)cn2)c1. The summed E-state index contributed by atoms with van der Waals surface area (Å²) in [5, 5.41) is 7.96. The van der Waals surface area contributed by atoms with Gasteiger partial charge in [-0.15, -0.1) is 0 Å². The molecular weight excluding hydrogens is 424 g/mol. The average Bonchev–Trinajstić information content (AvgIpc) is 2.81. The van der Waals surface area contributed by atoms with E-state index in [2.05, 4.69) is 9.71 Å². The Hall–Kier alpha value is -3.52. The predicted octanol–water partition coefficient (Wildman–Crippen LogP) is 4.33. The maximum absolute atomic E-state index is 12.5. The van der Waals surface area contributed by atoms with Gasteiger partial charge in [0, 0.05) is 18.5 Å². The molecule has 32 heavy (non-hydrogen) atoms. The van der Waals surface area contributed by atoms with Gasteiger partial charge in [0.15, 0.2) is 0 Å². The van der Waals surface area contributed by atoms with Crippen molar-refractivity contribution in [3.8, 4) is 11.3 Å². The molecule has 0 bridgehead atoms. The lowest BCUT2D eigenvalue weighted by Crippen LogP contribution is -2.28. The highest BCUT2D eigenvalue weighted by Crippen LogP contribution is 2.22. The van der Waals surface area contributed by atoms with Crippen LogP contribution in [-0.2, 0) is 21.2 Å². The molecule has 0 aliphatic rings. The molecule has 1 aromatic heterocycles. The number of nitrogens with one attached hydrogen (secondary N) is 2. The number of hydrogen-bond acceptors (Lipinski definition) is 5. The maximum atomic E-state index is 12.5. The molecule has 0 spiro atoms. The van der Waals surface area contributed by atoms with Gasteiger partial charge in [-0.3, -0.25) is 19.9 Å². The quantitative estimate of drug-likeness (QED) is 0.273. The van der Waals surface area contributed by atoms with Crippen molar-refractivity contribution in [1.29, 1.82) is 5.41 Å². The number of aromatic nitrogens is 1.